The zero-order valence-electron chi connectivity index (χ0n) is 29.9. The van der Waals surface area contributed by atoms with Gasteiger partial charge in [0.25, 0.3) is 0 Å². The summed E-state index contributed by atoms with van der Waals surface area (Å²) in [7, 11) is 0. The summed E-state index contributed by atoms with van der Waals surface area (Å²) in [4.78, 5) is 20.3. The van der Waals surface area contributed by atoms with Crippen molar-refractivity contribution in [1.29, 1.82) is 0 Å². The van der Waals surface area contributed by atoms with E-state index in [0.29, 0.717) is 17.5 Å². The van der Waals surface area contributed by atoms with Crippen molar-refractivity contribution in [2.75, 3.05) is 0 Å². The topological polar surface area (TPSA) is 43.6 Å². The van der Waals surface area contributed by atoms with E-state index in [4.69, 9.17) is 15.0 Å². The Labute approximate surface area is 323 Å². The molecular formula is C48H34N4S2. The van der Waals surface area contributed by atoms with Crippen LogP contribution in [-0.2, 0) is 11.8 Å². The molecule has 0 radical (unpaired) electrons. The van der Waals surface area contributed by atoms with Gasteiger partial charge in [-0.15, -0.1) is 0 Å². The molecule has 0 N–H and O–H groups in total. The molecule has 2 aliphatic carbocycles. The third-order valence-electron chi connectivity index (χ3n) is 11.2. The Bertz CT molecular complexity index is 2780. The first-order chi connectivity index (χ1) is 26.5. The quantitative estimate of drug-likeness (QED) is 0.180. The van der Waals surface area contributed by atoms with Gasteiger partial charge in [-0.1, -0.05) is 128 Å². The lowest BCUT2D eigenvalue weighted by atomic mass is 9.82. The highest BCUT2D eigenvalue weighted by atomic mass is 32.2. The minimum absolute atomic E-state index is 0.128. The van der Waals surface area contributed by atoms with Crippen LogP contribution in [0.4, 0.5) is 0 Å². The molecule has 0 fully saturated rings. The van der Waals surface area contributed by atoms with Crippen molar-refractivity contribution in [3.8, 4) is 51.0 Å². The minimum atomic E-state index is -0.128. The summed E-state index contributed by atoms with van der Waals surface area (Å²) in [6.07, 6.45) is 6.75. The predicted octanol–water partition coefficient (Wildman–Crippen LogP) is 12.7. The normalized spacial score (nSPS) is 14.6. The molecule has 6 aromatic carbocycles. The number of benzene rings is 6. The van der Waals surface area contributed by atoms with Crippen LogP contribution in [0.1, 0.15) is 42.7 Å². The summed E-state index contributed by atoms with van der Waals surface area (Å²) in [6, 6.07) is 47.7. The first kappa shape index (κ1) is 31.8. The van der Waals surface area contributed by atoms with Gasteiger partial charge >= 0.3 is 0 Å². The van der Waals surface area contributed by atoms with Gasteiger partial charge in [-0.3, -0.25) is 0 Å². The predicted molar refractivity (Wildman–Crippen MR) is 223 cm³/mol. The van der Waals surface area contributed by atoms with Crippen LogP contribution in [0.3, 0.4) is 0 Å². The molecule has 0 spiro atoms. The van der Waals surface area contributed by atoms with E-state index in [1.165, 1.54) is 64.0 Å². The van der Waals surface area contributed by atoms with Gasteiger partial charge in [-0.25, -0.2) is 15.0 Å². The van der Waals surface area contributed by atoms with Crippen molar-refractivity contribution >= 4 is 40.5 Å². The van der Waals surface area contributed by atoms with Crippen molar-refractivity contribution in [3.63, 3.8) is 0 Å². The monoisotopic (exact) mass is 730 g/mol. The number of aromatic nitrogens is 4. The van der Waals surface area contributed by atoms with E-state index >= 15 is 0 Å². The molecule has 258 valence electrons. The van der Waals surface area contributed by atoms with E-state index in [0.717, 1.165) is 35.2 Å². The molecule has 2 aromatic heterocycles. The Kier molecular flexibility index (Phi) is 7.17. The minimum Gasteiger partial charge on any atom is -0.309 e. The van der Waals surface area contributed by atoms with Gasteiger partial charge in [0.05, 0.1) is 5.52 Å². The first-order valence-electron chi connectivity index (χ1n) is 18.5. The van der Waals surface area contributed by atoms with Crippen LogP contribution < -0.4 is 0 Å². The lowest BCUT2D eigenvalue weighted by molar-refractivity contribution is 0.658. The van der Waals surface area contributed by atoms with Gasteiger partial charge < -0.3 is 4.57 Å². The van der Waals surface area contributed by atoms with E-state index in [-0.39, 0.29) is 5.41 Å². The Morgan fingerprint density at radius 1 is 0.574 bits per heavy atom. The van der Waals surface area contributed by atoms with Gasteiger partial charge in [0.15, 0.2) is 17.5 Å². The number of nitrogens with zero attached hydrogens (tertiary/aromatic N) is 4. The molecule has 0 amide bonds. The summed E-state index contributed by atoms with van der Waals surface area (Å²) in [5.41, 5.74) is 13.4. The smallest absolute Gasteiger partial charge is 0.164 e. The molecule has 3 heterocycles. The van der Waals surface area contributed by atoms with Gasteiger partial charge in [0, 0.05) is 64.0 Å². The van der Waals surface area contributed by atoms with Crippen molar-refractivity contribution in [1.82, 2.24) is 19.5 Å². The lowest BCUT2D eigenvalue weighted by Gasteiger charge is -2.24. The van der Waals surface area contributed by atoms with Crippen LogP contribution in [0.15, 0.2) is 159 Å². The van der Waals surface area contributed by atoms with Gasteiger partial charge in [-0.05, 0) is 89.7 Å². The number of aryl methyl sites for hydroxylation is 1. The number of hydrogen-bond donors (Lipinski definition) is 0. The molecule has 1 aliphatic heterocycles. The van der Waals surface area contributed by atoms with Crippen LogP contribution in [-0.4, -0.2) is 19.5 Å². The van der Waals surface area contributed by atoms with E-state index in [1.54, 1.807) is 0 Å². The maximum Gasteiger partial charge on any atom is 0.164 e. The third-order valence-corrected chi connectivity index (χ3v) is 13.7. The molecular weight excluding hydrogens is 697 g/mol. The standard InChI is InChI=1S/C48H34N4S2/c1-48(2)36-26-25-34-33-17-9-10-18-38(33)52(44(34)43(36)35-27-41-42(28-37(35)48)54-40-20-12-11-19-39(40)53-41)32-23-21-31(22-24-32)47-50-45(29-13-5-3-6-14-29)49-46(51-47)30-15-7-4-8-16-30/h3-8,10-16,18-28H,9,17H2,1-2H3. The van der Waals surface area contributed by atoms with Crippen LogP contribution >= 0.6 is 23.5 Å². The molecule has 0 saturated carbocycles. The Morgan fingerprint density at radius 2 is 1.15 bits per heavy atom. The van der Waals surface area contributed by atoms with E-state index in [9.17, 15) is 0 Å². The summed E-state index contributed by atoms with van der Waals surface area (Å²) in [6.45, 7) is 4.79. The number of hydrogen-bond acceptors (Lipinski definition) is 5. The van der Waals surface area contributed by atoms with Crippen LogP contribution in [0, 0.1) is 0 Å². The molecule has 54 heavy (non-hydrogen) atoms. The highest BCUT2D eigenvalue weighted by Crippen LogP contribution is 2.57. The first-order valence-corrected chi connectivity index (χ1v) is 20.1. The van der Waals surface area contributed by atoms with E-state index < -0.39 is 0 Å². The average Bonchev–Trinajstić information content (AvgIpc) is 3.68. The average molecular weight is 731 g/mol. The summed E-state index contributed by atoms with van der Waals surface area (Å²) in [5.74, 6) is 1.99. The second-order valence-corrected chi connectivity index (χ2v) is 16.9. The number of allylic oxidation sites excluding steroid dienone is 1. The summed E-state index contributed by atoms with van der Waals surface area (Å²) < 4.78 is 2.52. The Hall–Kier alpha value is -5.69. The van der Waals surface area contributed by atoms with Crippen LogP contribution in [0.25, 0.3) is 68.0 Å². The third kappa shape index (κ3) is 4.90. The maximum atomic E-state index is 5.01. The lowest BCUT2D eigenvalue weighted by Crippen LogP contribution is -2.15. The molecule has 0 bridgehead atoms. The molecule has 0 atom stereocenters. The fourth-order valence-electron chi connectivity index (χ4n) is 8.52. The fourth-order valence-corrected chi connectivity index (χ4v) is 10.8. The summed E-state index contributed by atoms with van der Waals surface area (Å²) in [5, 5.41) is 1.35. The second kappa shape index (κ2) is 12.2. The highest BCUT2D eigenvalue weighted by molar-refractivity contribution is 8.05. The van der Waals surface area contributed by atoms with Gasteiger partial charge in [-0.2, -0.15) is 0 Å². The highest BCUT2D eigenvalue weighted by Gasteiger charge is 2.39. The van der Waals surface area contributed by atoms with Gasteiger partial charge in [0.1, 0.15) is 0 Å². The zero-order chi connectivity index (χ0) is 36.0. The Morgan fingerprint density at radius 3 is 1.78 bits per heavy atom. The molecule has 0 saturated heterocycles. The second-order valence-electron chi connectivity index (χ2n) is 14.7. The van der Waals surface area contributed by atoms with Crippen molar-refractivity contribution in [3.05, 3.63) is 162 Å². The summed E-state index contributed by atoms with van der Waals surface area (Å²) >= 11 is 3.80. The molecule has 8 aromatic rings. The Balaban J connectivity index is 1.08. The maximum absolute atomic E-state index is 5.01. The zero-order valence-corrected chi connectivity index (χ0v) is 31.5. The van der Waals surface area contributed by atoms with Crippen LogP contribution in [0.5, 0.6) is 0 Å². The van der Waals surface area contributed by atoms with Crippen molar-refractivity contribution in [2.24, 2.45) is 0 Å². The van der Waals surface area contributed by atoms with E-state index in [2.05, 4.69) is 128 Å². The fraction of sp³-hybridized carbons (Fsp3) is 0.104. The van der Waals surface area contributed by atoms with E-state index in [1.807, 2.05) is 59.9 Å². The van der Waals surface area contributed by atoms with Crippen molar-refractivity contribution < 1.29 is 0 Å². The largest absolute Gasteiger partial charge is 0.309 e. The molecule has 3 aliphatic rings. The molecule has 4 nitrogen and oxygen atoms in total. The SMILES string of the molecule is CC1(C)c2cc3c(cc2-c2c1ccc1c4c(n(-c5ccc(-c6nc(-c7ccccc7)nc(-c7ccccc7)n6)cc5)c21)C=CCC4)Sc1ccccc1S3. The number of rotatable bonds is 4. The van der Waals surface area contributed by atoms with Crippen molar-refractivity contribution in [2.45, 2.75) is 51.7 Å². The van der Waals surface area contributed by atoms with Gasteiger partial charge in [0.2, 0.25) is 0 Å². The molecule has 0 unspecified atom stereocenters. The van der Waals surface area contributed by atoms with Crippen LogP contribution in [0.2, 0.25) is 0 Å². The number of fused-ring (bicyclic) bond motifs is 9. The molecule has 11 rings (SSSR count). The molecule has 6 heteroatoms.